The van der Waals surface area contributed by atoms with Crippen LogP contribution in [0.2, 0.25) is 0 Å². The molecule has 1 aliphatic carbocycles. The minimum absolute atomic E-state index is 0.196. The molecular weight excluding hydrogens is 355 g/mol. The second-order valence-corrected chi connectivity index (χ2v) is 8.57. The Bertz CT molecular complexity index is 610. The fourth-order valence-electron chi connectivity index (χ4n) is 3.73. The number of hydrogen-bond acceptors (Lipinski definition) is 6. The molecule has 1 saturated carbocycles. The largest absolute Gasteiger partial charge is 0.466 e. The molecule has 0 spiro atoms. The number of benzene rings is 1. The molecule has 26 heavy (non-hydrogen) atoms. The van der Waals surface area contributed by atoms with Crippen molar-refractivity contribution in [1.82, 2.24) is 0 Å². The number of carbonyl (C=O) groups excluding carboxylic acids is 1. The molecule has 2 rings (SSSR count). The number of hydrogen-bond donors (Lipinski definition) is 1. The van der Waals surface area contributed by atoms with Gasteiger partial charge in [-0.2, -0.15) is 0 Å². The summed E-state index contributed by atoms with van der Waals surface area (Å²) in [6.07, 6.45) is -0.107. The Hall–Kier alpha value is -1.20. The highest BCUT2D eigenvalue weighted by Gasteiger charge is 2.51. The van der Waals surface area contributed by atoms with Crippen LogP contribution < -0.4 is 0 Å². The lowest BCUT2D eigenvalue weighted by Gasteiger charge is -2.41. The first-order chi connectivity index (χ1) is 12.5. The summed E-state index contributed by atoms with van der Waals surface area (Å²) in [5.41, 5.74) is 0.225. The van der Waals surface area contributed by atoms with Crippen LogP contribution in [0.1, 0.15) is 45.1 Å². The Balaban J connectivity index is 2.36. The lowest BCUT2D eigenvalue weighted by molar-refractivity contribution is -0.154. The highest BCUT2D eigenvalue weighted by molar-refractivity contribution is 7.54. The van der Waals surface area contributed by atoms with E-state index in [1.807, 2.05) is 30.3 Å². The first-order valence-electron chi connectivity index (χ1n) is 9.26. The van der Waals surface area contributed by atoms with Crippen LogP contribution in [0.25, 0.3) is 0 Å². The van der Waals surface area contributed by atoms with E-state index < -0.39 is 31.2 Å². The van der Waals surface area contributed by atoms with Crippen LogP contribution in [-0.4, -0.2) is 42.7 Å². The van der Waals surface area contributed by atoms with Crippen molar-refractivity contribution >= 4 is 13.6 Å². The number of rotatable bonds is 8. The van der Waals surface area contributed by atoms with Gasteiger partial charge in [-0.25, -0.2) is 0 Å². The van der Waals surface area contributed by atoms with E-state index in [4.69, 9.17) is 13.8 Å². The summed E-state index contributed by atoms with van der Waals surface area (Å²) >= 11 is 0. The monoisotopic (exact) mass is 384 g/mol. The maximum absolute atomic E-state index is 13.2. The molecule has 0 unspecified atom stereocenters. The summed E-state index contributed by atoms with van der Waals surface area (Å²) < 4.78 is 29.3. The molecule has 0 aliphatic heterocycles. The Kier molecular flexibility index (Phi) is 7.84. The third-order valence-electron chi connectivity index (χ3n) is 4.78. The van der Waals surface area contributed by atoms with Crippen LogP contribution in [0, 0.1) is 5.92 Å². The lowest BCUT2D eigenvalue weighted by atomic mass is 9.73. The van der Waals surface area contributed by atoms with Crippen LogP contribution >= 0.6 is 7.60 Å². The third kappa shape index (κ3) is 4.55. The topological polar surface area (TPSA) is 82.1 Å². The first kappa shape index (κ1) is 21.1. The van der Waals surface area contributed by atoms with Gasteiger partial charge in [0.1, 0.15) is 0 Å². The molecule has 4 atom stereocenters. The van der Waals surface area contributed by atoms with E-state index in [0.717, 1.165) is 5.56 Å². The lowest BCUT2D eigenvalue weighted by Crippen LogP contribution is -2.46. The van der Waals surface area contributed by atoms with Crippen molar-refractivity contribution in [3.63, 3.8) is 0 Å². The van der Waals surface area contributed by atoms with Crippen molar-refractivity contribution in [1.29, 1.82) is 0 Å². The van der Waals surface area contributed by atoms with E-state index in [9.17, 15) is 14.5 Å². The molecule has 0 aromatic heterocycles. The molecule has 1 N–H and O–H groups in total. The molecular formula is C19H29O6P. The smallest absolute Gasteiger partial charge is 0.336 e. The van der Waals surface area contributed by atoms with E-state index in [1.54, 1.807) is 20.8 Å². The molecule has 146 valence electrons. The van der Waals surface area contributed by atoms with Gasteiger partial charge in [-0.1, -0.05) is 30.3 Å². The van der Waals surface area contributed by atoms with Gasteiger partial charge in [0.2, 0.25) is 0 Å². The number of aliphatic hydroxyl groups excluding tert-OH is 1. The molecule has 0 bridgehead atoms. The van der Waals surface area contributed by atoms with Crippen molar-refractivity contribution in [2.45, 2.75) is 51.3 Å². The number of carbonyl (C=O) groups is 1. The SMILES string of the molecule is CCOC(=O)[C@@H]1[C@@H](O)[C@H](P(=O)(OCC)OCC)CC[C@H]1c1ccccc1. The summed E-state index contributed by atoms with van der Waals surface area (Å²) in [4.78, 5) is 12.6. The maximum atomic E-state index is 13.2. The number of ether oxygens (including phenoxy) is 1. The Morgan fingerprint density at radius 3 is 2.23 bits per heavy atom. The minimum Gasteiger partial charge on any atom is -0.466 e. The van der Waals surface area contributed by atoms with Crippen LogP contribution in [0.3, 0.4) is 0 Å². The van der Waals surface area contributed by atoms with Crippen LogP contribution in [-0.2, 0) is 23.1 Å². The molecule has 7 heteroatoms. The third-order valence-corrected chi connectivity index (χ3v) is 7.39. The van der Waals surface area contributed by atoms with E-state index in [-0.39, 0.29) is 25.7 Å². The predicted octanol–water partition coefficient (Wildman–Crippen LogP) is 3.74. The van der Waals surface area contributed by atoms with Gasteiger partial charge in [-0.15, -0.1) is 0 Å². The minimum atomic E-state index is -3.52. The fraction of sp³-hybridized carbons (Fsp3) is 0.632. The standard InChI is InChI=1S/C19H29O6P/c1-4-23-19(21)17-15(14-10-8-7-9-11-14)12-13-16(18(17)20)26(22,24-5-2)25-6-3/h7-11,15-18,20H,4-6,12-13H2,1-3H3/t15-,16+,17-,18-/m0/s1. The van der Waals surface area contributed by atoms with E-state index in [0.29, 0.717) is 12.8 Å². The van der Waals surface area contributed by atoms with Gasteiger partial charge >= 0.3 is 13.6 Å². The second kappa shape index (κ2) is 9.65. The second-order valence-electron chi connectivity index (χ2n) is 6.31. The number of aliphatic hydroxyl groups is 1. The molecule has 0 saturated heterocycles. The molecule has 6 nitrogen and oxygen atoms in total. The van der Waals surface area contributed by atoms with E-state index in [2.05, 4.69) is 0 Å². The zero-order valence-corrected chi connectivity index (χ0v) is 16.6. The van der Waals surface area contributed by atoms with Crippen molar-refractivity contribution in [2.75, 3.05) is 19.8 Å². The van der Waals surface area contributed by atoms with Crippen LogP contribution in [0.5, 0.6) is 0 Å². The normalized spacial score (nSPS) is 26.5. The number of esters is 1. The zero-order chi connectivity index (χ0) is 19.2. The fourth-order valence-corrected chi connectivity index (χ4v) is 5.93. The maximum Gasteiger partial charge on any atom is 0.336 e. The average molecular weight is 384 g/mol. The van der Waals surface area contributed by atoms with Gasteiger partial charge in [0, 0.05) is 0 Å². The van der Waals surface area contributed by atoms with Crippen molar-refractivity contribution in [3.05, 3.63) is 35.9 Å². The summed E-state index contributed by atoms with van der Waals surface area (Å²) in [5, 5.41) is 11.0. The zero-order valence-electron chi connectivity index (χ0n) is 15.7. The summed E-state index contributed by atoms with van der Waals surface area (Å²) in [6.45, 7) is 5.85. The van der Waals surface area contributed by atoms with Gasteiger partial charge in [0.15, 0.2) is 0 Å². The highest BCUT2D eigenvalue weighted by atomic mass is 31.2. The van der Waals surface area contributed by atoms with E-state index in [1.165, 1.54) is 0 Å². The summed E-state index contributed by atoms with van der Waals surface area (Å²) in [5.74, 6) is -1.47. The molecule has 1 aromatic rings. The summed E-state index contributed by atoms with van der Waals surface area (Å²) in [7, 11) is -3.52. The molecule has 1 fully saturated rings. The molecule has 0 heterocycles. The Labute approximate surface area is 155 Å². The van der Waals surface area contributed by atoms with Gasteiger partial charge in [-0.05, 0) is 45.1 Å². The Morgan fingerprint density at radius 2 is 1.69 bits per heavy atom. The van der Waals surface area contributed by atoms with Crippen molar-refractivity contribution in [3.8, 4) is 0 Å². The molecule has 1 aliphatic rings. The molecule has 0 radical (unpaired) electrons. The molecule has 1 aromatic carbocycles. The van der Waals surface area contributed by atoms with Crippen LogP contribution in [0.15, 0.2) is 30.3 Å². The average Bonchev–Trinajstić information content (AvgIpc) is 2.62. The quantitative estimate of drug-likeness (QED) is 0.543. The molecule has 0 amide bonds. The van der Waals surface area contributed by atoms with Gasteiger partial charge in [-0.3, -0.25) is 9.36 Å². The van der Waals surface area contributed by atoms with Gasteiger partial charge in [0.05, 0.1) is 37.5 Å². The van der Waals surface area contributed by atoms with E-state index >= 15 is 0 Å². The predicted molar refractivity (Wildman–Crippen MR) is 99.2 cm³/mol. The summed E-state index contributed by atoms with van der Waals surface area (Å²) in [6, 6.07) is 9.59. The van der Waals surface area contributed by atoms with Gasteiger partial charge < -0.3 is 18.9 Å². The van der Waals surface area contributed by atoms with Crippen LogP contribution in [0.4, 0.5) is 0 Å². The Morgan fingerprint density at radius 1 is 1.08 bits per heavy atom. The van der Waals surface area contributed by atoms with Crippen molar-refractivity contribution in [2.24, 2.45) is 5.92 Å². The van der Waals surface area contributed by atoms with Crippen molar-refractivity contribution < 1.29 is 28.3 Å². The van der Waals surface area contributed by atoms with Gasteiger partial charge in [0.25, 0.3) is 0 Å². The first-order valence-corrected chi connectivity index (χ1v) is 10.9. The highest BCUT2D eigenvalue weighted by Crippen LogP contribution is 2.59.